The van der Waals surface area contributed by atoms with Gasteiger partial charge in [0.05, 0.1) is 30.2 Å². The smallest absolute Gasteiger partial charge is 0.243 e. The van der Waals surface area contributed by atoms with Crippen molar-refractivity contribution >= 4 is 10.0 Å². The van der Waals surface area contributed by atoms with Crippen molar-refractivity contribution in [2.75, 3.05) is 32.8 Å². The molecular formula is C13H15FN2O3S. The van der Waals surface area contributed by atoms with Crippen molar-refractivity contribution in [3.8, 4) is 11.8 Å². The number of benzene rings is 1. The predicted molar refractivity (Wildman–Crippen MR) is 71.9 cm³/mol. The summed E-state index contributed by atoms with van der Waals surface area (Å²) in [5, 5.41) is 0. The number of hydrogen-bond acceptors (Lipinski definition) is 4. The summed E-state index contributed by atoms with van der Waals surface area (Å²) in [5.74, 6) is 4.41. The van der Waals surface area contributed by atoms with E-state index in [4.69, 9.17) is 10.5 Å². The van der Waals surface area contributed by atoms with Crippen LogP contribution in [0.4, 0.5) is 4.39 Å². The second-order valence-electron chi connectivity index (χ2n) is 4.16. The molecule has 0 aromatic heterocycles. The lowest BCUT2D eigenvalue weighted by atomic mass is 10.2. The predicted octanol–water partition coefficient (Wildman–Crippen LogP) is 0.157. The van der Waals surface area contributed by atoms with E-state index in [2.05, 4.69) is 11.8 Å². The summed E-state index contributed by atoms with van der Waals surface area (Å²) in [6.45, 7) is 1.37. The van der Waals surface area contributed by atoms with Crippen LogP contribution in [-0.2, 0) is 14.8 Å². The van der Waals surface area contributed by atoms with E-state index in [1.807, 2.05) is 0 Å². The fraction of sp³-hybridized carbons (Fsp3) is 0.385. The molecule has 1 aliphatic heterocycles. The molecule has 0 bridgehead atoms. The maximum Gasteiger partial charge on any atom is 0.243 e. The van der Waals surface area contributed by atoms with Crippen LogP contribution in [0.15, 0.2) is 23.1 Å². The van der Waals surface area contributed by atoms with Gasteiger partial charge in [0.15, 0.2) is 0 Å². The van der Waals surface area contributed by atoms with Gasteiger partial charge in [-0.3, -0.25) is 0 Å². The quantitative estimate of drug-likeness (QED) is 0.789. The number of sulfonamides is 1. The Morgan fingerprint density at radius 3 is 2.65 bits per heavy atom. The number of hydrogen-bond donors (Lipinski definition) is 1. The molecule has 0 aliphatic carbocycles. The molecule has 108 valence electrons. The minimum atomic E-state index is -3.68. The van der Waals surface area contributed by atoms with Crippen LogP contribution in [0.3, 0.4) is 0 Å². The van der Waals surface area contributed by atoms with Gasteiger partial charge in [-0.1, -0.05) is 11.8 Å². The first-order valence-corrected chi connectivity index (χ1v) is 7.56. The topological polar surface area (TPSA) is 72.6 Å². The van der Waals surface area contributed by atoms with Crippen molar-refractivity contribution in [2.45, 2.75) is 4.90 Å². The van der Waals surface area contributed by atoms with Gasteiger partial charge in [-0.05, 0) is 18.2 Å². The molecule has 1 aromatic rings. The van der Waals surface area contributed by atoms with Crippen LogP contribution in [-0.4, -0.2) is 45.6 Å². The van der Waals surface area contributed by atoms with Gasteiger partial charge in [0.2, 0.25) is 10.0 Å². The van der Waals surface area contributed by atoms with Crippen LogP contribution in [0.5, 0.6) is 0 Å². The average molecular weight is 298 g/mol. The van der Waals surface area contributed by atoms with Gasteiger partial charge < -0.3 is 10.5 Å². The van der Waals surface area contributed by atoms with E-state index in [1.165, 1.54) is 16.4 Å². The Hall–Kier alpha value is -1.46. The first-order valence-electron chi connectivity index (χ1n) is 6.12. The van der Waals surface area contributed by atoms with Crippen LogP contribution >= 0.6 is 0 Å². The fourth-order valence-corrected chi connectivity index (χ4v) is 3.26. The number of morpholine rings is 1. The second kappa shape index (κ2) is 6.33. The Balaban J connectivity index is 2.30. The Morgan fingerprint density at radius 1 is 1.35 bits per heavy atom. The molecule has 0 spiro atoms. The molecule has 2 rings (SSSR count). The highest BCUT2D eigenvalue weighted by Crippen LogP contribution is 2.19. The lowest BCUT2D eigenvalue weighted by Gasteiger charge is -2.26. The molecule has 0 radical (unpaired) electrons. The van der Waals surface area contributed by atoms with Gasteiger partial charge in [-0.15, -0.1) is 0 Å². The molecule has 2 N–H and O–H groups in total. The van der Waals surface area contributed by atoms with Gasteiger partial charge >= 0.3 is 0 Å². The van der Waals surface area contributed by atoms with Crippen LogP contribution < -0.4 is 5.73 Å². The zero-order chi connectivity index (χ0) is 14.6. The number of halogens is 1. The Kier molecular flexibility index (Phi) is 4.73. The fourth-order valence-electron chi connectivity index (χ4n) is 1.84. The number of ether oxygens (including phenoxy) is 1. The molecule has 1 saturated heterocycles. The molecule has 20 heavy (non-hydrogen) atoms. The molecule has 1 heterocycles. The summed E-state index contributed by atoms with van der Waals surface area (Å²) >= 11 is 0. The Labute approximate surface area is 117 Å². The summed E-state index contributed by atoms with van der Waals surface area (Å²) in [7, 11) is -3.68. The molecule has 1 fully saturated rings. The SMILES string of the molecule is NCC#Cc1ccc(S(=O)(=O)N2CCOCC2)cc1F. The molecule has 0 atom stereocenters. The van der Waals surface area contributed by atoms with Crippen LogP contribution in [0.25, 0.3) is 0 Å². The first kappa shape index (κ1) is 14.9. The maximum atomic E-state index is 13.8. The first-order chi connectivity index (χ1) is 9.55. The van der Waals surface area contributed by atoms with E-state index in [1.54, 1.807) is 0 Å². The molecular weight excluding hydrogens is 283 g/mol. The zero-order valence-corrected chi connectivity index (χ0v) is 11.6. The van der Waals surface area contributed by atoms with Crippen LogP contribution in [0, 0.1) is 17.7 Å². The molecule has 0 amide bonds. The van der Waals surface area contributed by atoms with Gasteiger partial charge in [-0.25, -0.2) is 12.8 Å². The van der Waals surface area contributed by atoms with Crippen molar-refractivity contribution in [3.63, 3.8) is 0 Å². The van der Waals surface area contributed by atoms with Crippen molar-refractivity contribution in [2.24, 2.45) is 5.73 Å². The van der Waals surface area contributed by atoms with Crippen molar-refractivity contribution in [1.29, 1.82) is 0 Å². The van der Waals surface area contributed by atoms with Gasteiger partial charge in [0.25, 0.3) is 0 Å². The molecule has 5 nitrogen and oxygen atoms in total. The number of rotatable bonds is 2. The standard InChI is InChI=1S/C13H15FN2O3S/c14-13-10-12(4-3-11(13)2-1-5-15)20(17,18)16-6-8-19-9-7-16/h3-4,10H,5-9,15H2. The maximum absolute atomic E-state index is 13.8. The molecule has 1 aromatic carbocycles. The third-order valence-electron chi connectivity index (χ3n) is 2.87. The lowest BCUT2D eigenvalue weighted by Crippen LogP contribution is -2.40. The van der Waals surface area contributed by atoms with E-state index in [0.29, 0.717) is 13.2 Å². The van der Waals surface area contributed by atoms with Crippen molar-refractivity contribution in [1.82, 2.24) is 4.31 Å². The summed E-state index contributed by atoms with van der Waals surface area (Å²) in [6.07, 6.45) is 0. The molecule has 0 saturated carbocycles. The van der Waals surface area contributed by atoms with Gasteiger partial charge in [0, 0.05) is 13.1 Å². The number of nitrogens with zero attached hydrogens (tertiary/aromatic N) is 1. The highest BCUT2D eigenvalue weighted by atomic mass is 32.2. The van der Waals surface area contributed by atoms with E-state index in [-0.39, 0.29) is 30.1 Å². The third-order valence-corrected chi connectivity index (χ3v) is 4.77. The van der Waals surface area contributed by atoms with Gasteiger partial charge in [0.1, 0.15) is 5.82 Å². The summed E-state index contributed by atoms with van der Waals surface area (Å²) in [6, 6.07) is 3.70. The lowest BCUT2D eigenvalue weighted by molar-refractivity contribution is 0.0730. The monoisotopic (exact) mass is 298 g/mol. The summed E-state index contributed by atoms with van der Waals surface area (Å²) in [5.41, 5.74) is 5.35. The van der Waals surface area contributed by atoms with Crippen molar-refractivity contribution < 1.29 is 17.5 Å². The molecule has 0 unspecified atom stereocenters. The van der Waals surface area contributed by atoms with E-state index >= 15 is 0 Å². The highest BCUT2D eigenvalue weighted by Gasteiger charge is 2.26. The third kappa shape index (κ3) is 3.16. The second-order valence-corrected chi connectivity index (χ2v) is 6.10. The largest absolute Gasteiger partial charge is 0.379 e. The van der Waals surface area contributed by atoms with Crippen LogP contribution in [0.1, 0.15) is 5.56 Å². The number of nitrogens with two attached hydrogens (primary N) is 1. The van der Waals surface area contributed by atoms with E-state index in [0.717, 1.165) is 6.07 Å². The Bertz CT molecular complexity index is 643. The molecule has 1 aliphatic rings. The zero-order valence-electron chi connectivity index (χ0n) is 10.8. The van der Waals surface area contributed by atoms with E-state index < -0.39 is 15.8 Å². The minimum Gasteiger partial charge on any atom is -0.379 e. The normalized spacial score (nSPS) is 16.5. The Morgan fingerprint density at radius 2 is 2.05 bits per heavy atom. The summed E-state index contributed by atoms with van der Waals surface area (Å²) < 4.78 is 44.8. The highest BCUT2D eigenvalue weighted by molar-refractivity contribution is 7.89. The minimum absolute atomic E-state index is 0.0739. The van der Waals surface area contributed by atoms with E-state index in [9.17, 15) is 12.8 Å². The van der Waals surface area contributed by atoms with Crippen LogP contribution in [0.2, 0.25) is 0 Å². The summed E-state index contributed by atoms with van der Waals surface area (Å²) in [4.78, 5) is -0.0739. The van der Waals surface area contributed by atoms with Crippen molar-refractivity contribution in [3.05, 3.63) is 29.6 Å². The molecule has 7 heteroatoms. The average Bonchev–Trinajstić information content (AvgIpc) is 2.47. The van der Waals surface area contributed by atoms with Gasteiger partial charge in [-0.2, -0.15) is 4.31 Å².